The molecular weight excluding hydrogens is 672 g/mol. The minimum Gasteiger partial charge on any atom is -0.510 e. The van der Waals surface area contributed by atoms with Crippen LogP contribution in [0.25, 0.3) is 0 Å². The summed E-state index contributed by atoms with van der Waals surface area (Å²) in [5, 5.41) is 15.4. The van der Waals surface area contributed by atoms with Crippen LogP contribution in [0.15, 0.2) is 119 Å². The van der Waals surface area contributed by atoms with E-state index in [1.54, 1.807) is 6.08 Å². The van der Waals surface area contributed by atoms with Gasteiger partial charge in [-0.3, -0.25) is 14.4 Å². The van der Waals surface area contributed by atoms with Crippen LogP contribution in [-0.2, 0) is 28.6 Å². The molecule has 0 radical (unpaired) electrons. The predicted molar refractivity (Wildman–Crippen MR) is 204 cm³/mol. The highest BCUT2D eigenvalue weighted by molar-refractivity contribution is 6.24. The Balaban J connectivity index is 1.58. The van der Waals surface area contributed by atoms with Gasteiger partial charge >= 0.3 is 17.9 Å². The molecule has 5 heterocycles. The number of aliphatic hydroxyl groups is 1. The van der Waals surface area contributed by atoms with E-state index in [-0.39, 0.29) is 42.6 Å². The fourth-order valence-corrected chi connectivity index (χ4v) is 7.93. The van der Waals surface area contributed by atoms with Gasteiger partial charge in [0.05, 0.1) is 48.4 Å². The highest BCUT2D eigenvalue weighted by Crippen LogP contribution is 2.49. The van der Waals surface area contributed by atoms with Gasteiger partial charge in [0.1, 0.15) is 18.3 Å². The van der Waals surface area contributed by atoms with Gasteiger partial charge in [0.2, 0.25) is 0 Å². The van der Waals surface area contributed by atoms with Crippen LogP contribution in [0, 0.1) is 17.8 Å². The molecule has 6 rings (SSSR count). The molecule has 0 amide bonds. The van der Waals surface area contributed by atoms with E-state index in [1.165, 1.54) is 14.2 Å². The molecule has 1 saturated heterocycles. The number of carbonyl (C=O) groups is 3. The van der Waals surface area contributed by atoms with Crippen molar-refractivity contribution < 1.29 is 33.7 Å². The summed E-state index contributed by atoms with van der Waals surface area (Å²) in [6.45, 7) is 14.2. The minimum absolute atomic E-state index is 0.0603. The Hall–Kier alpha value is -5.32. The summed E-state index contributed by atoms with van der Waals surface area (Å²) in [5.41, 5.74) is 10.4. The van der Waals surface area contributed by atoms with Crippen molar-refractivity contribution >= 4 is 35.0 Å². The van der Waals surface area contributed by atoms with Gasteiger partial charge in [-0.25, -0.2) is 15.0 Å². The summed E-state index contributed by atoms with van der Waals surface area (Å²) in [6, 6.07) is 0. The number of ether oxygens (including phenoxy) is 3. The third-order valence-electron chi connectivity index (χ3n) is 10.9. The third-order valence-corrected chi connectivity index (χ3v) is 10.9. The molecule has 2 N–H and O–H groups in total. The summed E-state index contributed by atoms with van der Waals surface area (Å²) in [6.07, 6.45) is 11.9. The van der Waals surface area contributed by atoms with E-state index < -0.39 is 11.9 Å². The number of nitrogens with one attached hydrogen (secondary N) is 1. The van der Waals surface area contributed by atoms with Crippen molar-refractivity contribution in [1.82, 2.24) is 5.32 Å². The highest BCUT2D eigenvalue weighted by atomic mass is 16.5. The molecule has 0 saturated carbocycles. The number of esters is 3. The Morgan fingerprint density at radius 3 is 2.36 bits per heavy atom. The highest BCUT2D eigenvalue weighted by Gasteiger charge is 2.49. The molecule has 6 aliphatic rings. The van der Waals surface area contributed by atoms with Crippen molar-refractivity contribution in [3.63, 3.8) is 0 Å². The van der Waals surface area contributed by atoms with Crippen LogP contribution in [0.1, 0.15) is 79.6 Å². The number of carbonyl (C=O) groups excluding carboxylic acids is 3. The topological polar surface area (TPSA) is 148 Å². The lowest BCUT2D eigenvalue weighted by Crippen LogP contribution is -2.25. The molecule has 0 spiro atoms. The van der Waals surface area contributed by atoms with Crippen LogP contribution in [0.3, 0.4) is 0 Å². The molecule has 5 aliphatic heterocycles. The van der Waals surface area contributed by atoms with Gasteiger partial charge in [-0.15, -0.1) is 0 Å². The van der Waals surface area contributed by atoms with Crippen LogP contribution in [0.4, 0.5) is 0 Å². The lowest BCUT2D eigenvalue weighted by atomic mass is 9.84. The summed E-state index contributed by atoms with van der Waals surface area (Å²) >= 11 is 0. The first-order valence-electron chi connectivity index (χ1n) is 18.4. The van der Waals surface area contributed by atoms with Crippen molar-refractivity contribution in [3.05, 3.63) is 104 Å². The second-order valence-electron chi connectivity index (χ2n) is 14.0. The number of aliphatic imine (C=N–C) groups is 3. The van der Waals surface area contributed by atoms with Crippen LogP contribution in [0.5, 0.6) is 0 Å². The van der Waals surface area contributed by atoms with E-state index in [0.29, 0.717) is 70.2 Å². The molecule has 0 aromatic rings. The van der Waals surface area contributed by atoms with Gasteiger partial charge in [-0.1, -0.05) is 46.3 Å². The zero-order valence-corrected chi connectivity index (χ0v) is 31.6. The van der Waals surface area contributed by atoms with Gasteiger partial charge in [0.15, 0.2) is 0 Å². The molecule has 11 heteroatoms. The fraction of sp³-hybridized carbons (Fsp3) is 0.429. The number of allylic oxidation sites excluding steroid dienone is 10. The molecular formula is C42H48N4O7. The van der Waals surface area contributed by atoms with E-state index >= 15 is 0 Å². The number of unbranched alkanes of at least 4 members (excludes halogenated alkanes) is 2. The third kappa shape index (κ3) is 6.73. The number of fused-ring (bicyclic) bond motifs is 5. The Bertz CT molecular complexity index is 2040. The number of hydrogen-bond acceptors (Lipinski definition) is 11. The van der Waals surface area contributed by atoms with Crippen molar-refractivity contribution in [2.24, 2.45) is 32.7 Å². The smallest absolute Gasteiger partial charge is 0.321 e. The molecule has 8 bridgehead atoms. The SMILES string of the molecule is C=CC1=C(C)C2=NC1=CC1=NC(=CC3=C(C)C4=C(O)[C@H](C(=O)OC)C(=C5NC(=C2)[C@@H](C)[C@@H]5CCC(=O)OC)C4=N3)C(CC)=C1COC(=O)CCCCC. The molecule has 0 unspecified atom stereocenters. The Morgan fingerprint density at radius 1 is 0.925 bits per heavy atom. The van der Waals surface area contributed by atoms with Gasteiger partial charge < -0.3 is 24.6 Å². The fourth-order valence-electron chi connectivity index (χ4n) is 7.93. The molecule has 1 fully saturated rings. The normalized spacial score (nSPS) is 23.1. The molecule has 0 aromatic heterocycles. The Kier molecular flexibility index (Phi) is 10.8. The van der Waals surface area contributed by atoms with Gasteiger partial charge in [-0.2, -0.15) is 0 Å². The maximum absolute atomic E-state index is 13.5. The van der Waals surface area contributed by atoms with Crippen LogP contribution in [-0.4, -0.2) is 61.0 Å². The molecule has 11 nitrogen and oxygen atoms in total. The summed E-state index contributed by atoms with van der Waals surface area (Å²) in [4.78, 5) is 53.9. The lowest BCUT2D eigenvalue weighted by molar-refractivity contribution is -0.144. The van der Waals surface area contributed by atoms with Crippen LogP contribution in [0.2, 0.25) is 0 Å². The number of nitrogens with zero attached hydrogens (tertiary/aromatic N) is 3. The second-order valence-corrected chi connectivity index (χ2v) is 14.0. The van der Waals surface area contributed by atoms with E-state index in [1.807, 2.05) is 39.0 Å². The summed E-state index contributed by atoms with van der Waals surface area (Å²) < 4.78 is 16.1. The zero-order chi connectivity index (χ0) is 38.1. The second kappa shape index (κ2) is 15.3. The van der Waals surface area contributed by atoms with Crippen LogP contribution >= 0.6 is 0 Å². The molecule has 278 valence electrons. The number of hydrogen-bond donors (Lipinski definition) is 2. The minimum atomic E-state index is -1.11. The van der Waals surface area contributed by atoms with Gasteiger partial charge in [-0.05, 0) is 68.1 Å². The predicted octanol–water partition coefficient (Wildman–Crippen LogP) is 7.30. The average molecular weight is 721 g/mol. The van der Waals surface area contributed by atoms with Crippen molar-refractivity contribution in [1.29, 1.82) is 0 Å². The van der Waals surface area contributed by atoms with E-state index in [2.05, 4.69) is 25.7 Å². The molecule has 3 atom stereocenters. The molecule has 53 heavy (non-hydrogen) atoms. The maximum atomic E-state index is 13.5. The number of rotatable bonds is 12. The monoisotopic (exact) mass is 720 g/mol. The lowest BCUT2D eigenvalue weighted by Gasteiger charge is -2.20. The molecule has 0 aromatic carbocycles. The summed E-state index contributed by atoms with van der Waals surface area (Å²) in [5.74, 6) is -2.84. The van der Waals surface area contributed by atoms with Crippen molar-refractivity contribution in [2.45, 2.75) is 79.6 Å². The standard InChI is InChI=1S/C42H48N4O7/c1-9-12-13-14-35(48)53-20-27-25(11-3)32-18-30-23(6)36-40(46-30)37(38(41(36)49)42(50)52-8)39-26(15-16-34(47)51-7)22(5)29(45-39)17-28-21(4)24(10-2)31(43-28)19-33(27)44-32/h10,17-19,22,26,38,45,49H,2,9,11-16,20H2,1,3-8H3/t22-,26-,38+/m0/s1. The first kappa shape index (κ1) is 37.4. The average Bonchev–Trinajstić information content (AvgIpc) is 3.89. The molecule has 1 aliphatic carbocycles. The van der Waals surface area contributed by atoms with E-state index in [9.17, 15) is 19.5 Å². The number of aliphatic hydroxyl groups excluding tert-OH is 1. The summed E-state index contributed by atoms with van der Waals surface area (Å²) in [7, 11) is 2.66. The van der Waals surface area contributed by atoms with E-state index in [4.69, 9.17) is 29.2 Å². The Morgan fingerprint density at radius 2 is 1.68 bits per heavy atom. The van der Waals surface area contributed by atoms with Crippen molar-refractivity contribution in [3.8, 4) is 0 Å². The Labute approximate surface area is 310 Å². The van der Waals surface area contributed by atoms with Gasteiger partial charge in [0.25, 0.3) is 0 Å². The first-order valence-corrected chi connectivity index (χ1v) is 18.4. The van der Waals surface area contributed by atoms with Crippen molar-refractivity contribution in [2.75, 3.05) is 20.8 Å². The van der Waals surface area contributed by atoms with Crippen LogP contribution < -0.4 is 5.32 Å². The maximum Gasteiger partial charge on any atom is 0.321 e. The first-order chi connectivity index (χ1) is 25.5. The number of methoxy groups -OCH3 is 2. The van der Waals surface area contributed by atoms with E-state index in [0.717, 1.165) is 53.0 Å². The largest absolute Gasteiger partial charge is 0.510 e. The van der Waals surface area contributed by atoms with Gasteiger partial charge in [0, 0.05) is 58.4 Å². The quantitative estimate of drug-likeness (QED) is 0.121. The zero-order valence-electron chi connectivity index (χ0n) is 31.6.